The Morgan fingerprint density at radius 1 is 1.33 bits per heavy atom. The van der Waals surface area contributed by atoms with Gasteiger partial charge in [-0.05, 0) is 12.1 Å². The molecule has 0 unspecified atom stereocenters. The van der Waals surface area contributed by atoms with Crippen LogP contribution < -0.4 is 10.2 Å². The van der Waals surface area contributed by atoms with Crippen LogP contribution in [0, 0.1) is 11.3 Å². The predicted molar refractivity (Wildman–Crippen MR) is 81.5 cm³/mol. The van der Waals surface area contributed by atoms with Crippen LogP contribution in [0.2, 0.25) is 0 Å². The van der Waals surface area contributed by atoms with Crippen LogP contribution in [0.15, 0.2) is 30.3 Å². The average Bonchev–Trinajstić information content (AvgIpc) is 2.54. The molecule has 1 N–H and O–H groups in total. The second kappa shape index (κ2) is 6.68. The Morgan fingerprint density at radius 2 is 2.10 bits per heavy atom. The Hall–Kier alpha value is -2.65. The Balaban J connectivity index is 2.45. The summed E-state index contributed by atoms with van der Waals surface area (Å²) < 4.78 is 5.09. The fourth-order valence-corrected chi connectivity index (χ4v) is 1.96. The van der Waals surface area contributed by atoms with Gasteiger partial charge in [-0.1, -0.05) is 12.1 Å². The number of nitrogens with one attached hydrogen (secondary N) is 1. The first-order valence-corrected chi connectivity index (χ1v) is 6.47. The average molecular weight is 283 g/mol. The first-order chi connectivity index (χ1) is 10.2. The van der Waals surface area contributed by atoms with Crippen molar-refractivity contribution in [2.45, 2.75) is 6.61 Å². The highest BCUT2D eigenvalue weighted by Gasteiger charge is 2.12. The molecule has 0 aliphatic rings. The lowest BCUT2D eigenvalue weighted by atomic mass is 10.2. The minimum atomic E-state index is 0.330. The van der Waals surface area contributed by atoms with E-state index in [0.717, 1.165) is 5.69 Å². The zero-order chi connectivity index (χ0) is 15.2. The SMILES string of the molecule is CNc1cc(N(C)c2ccccc2C#N)nc(COC)n1. The lowest BCUT2D eigenvalue weighted by Gasteiger charge is -2.20. The summed E-state index contributed by atoms with van der Waals surface area (Å²) in [6.45, 7) is 0.330. The molecule has 2 aromatic rings. The maximum atomic E-state index is 9.21. The fraction of sp³-hybridized carbons (Fsp3) is 0.267. The first kappa shape index (κ1) is 14.8. The van der Waals surface area contributed by atoms with Gasteiger partial charge in [0.15, 0.2) is 5.82 Å². The lowest BCUT2D eigenvalue weighted by molar-refractivity contribution is 0.178. The number of nitriles is 1. The highest BCUT2D eigenvalue weighted by atomic mass is 16.5. The summed E-state index contributed by atoms with van der Waals surface area (Å²) in [6, 6.07) is 11.4. The van der Waals surface area contributed by atoms with E-state index < -0.39 is 0 Å². The van der Waals surface area contributed by atoms with Crippen molar-refractivity contribution in [3.8, 4) is 6.07 Å². The molecule has 6 heteroatoms. The maximum absolute atomic E-state index is 9.21. The number of methoxy groups -OCH3 is 1. The van der Waals surface area contributed by atoms with E-state index in [4.69, 9.17) is 4.74 Å². The molecule has 0 aliphatic heterocycles. The molecule has 6 nitrogen and oxygen atoms in total. The smallest absolute Gasteiger partial charge is 0.158 e. The fourth-order valence-electron chi connectivity index (χ4n) is 1.96. The summed E-state index contributed by atoms with van der Waals surface area (Å²) >= 11 is 0. The minimum absolute atomic E-state index is 0.330. The topological polar surface area (TPSA) is 74.1 Å². The van der Waals surface area contributed by atoms with Crippen LogP contribution in [-0.4, -0.2) is 31.2 Å². The number of hydrogen-bond donors (Lipinski definition) is 1. The van der Waals surface area contributed by atoms with Gasteiger partial charge in [-0.2, -0.15) is 5.26 Å². The van der Waals surface area contributed by atoms with Crippen molar-refractivity contribution in [1.29, 1.82) is 5.26 Å². The number of benzene rings is 1. The number of anilines is 3. The van der Waals surface area contributed by atoms with Gasteiger partial charge in [-0.15, -0.1) is 0 Å². The van der Waals surface area contributed by atoms with E-state index in [0.29, 0.717) is 29.6 Å². The van der Waals surface area contributed by atoms with Gasteiger partial charge >= 0.3 is 0 Å². The summed E-state index contributed by atoms with van der Waals surface area (Å²) in [5.41, 5.74) is 1.39. The molecule has 1 aromatic heterocycles. The Bertz CT molecular complexity index is 665. The lowest BCUT2D eigenvalue weighted by Crippen LogP contribution is -2.15. The van der Waals surface area contributed by atoms with E-state index >= 15 is 0 Å². The second-order valence-electron chi connectivity index (χ2n) is 4.40. The van der Waals surface area contributed by atoms with E-state index in [1.165, 1.54) is 0 Å². The van der Waals surface area contributed by atoms with Gasteiger partial charge in [0.25, 0.3) is 0 Å². The summed E-state index contributed by atoms with van der Waals surface area (Å²) in [4.78, 5) is 10.6. The normalized spacial score (nSPS) is 10.0. The summed E-state index contributed by atoms with van der Waals surface area (Å²) in [5, 5.41) is 12.2. The van der Waals surface area contributed by atoms with Crippen LogP contribution in [-0.2, 0) is 11.3 Å². The standard InChI is InChI=1S/C15H17N5O/c1-17-13-8-15(19-14(18-13)10-21-3)20(2)12-7-5-4-6-11(12)9-16/h4-8H,10H2,1-3H3,(H,17,18,19). The van der Waals surface area contributed by atoms with Gasteiger partial charge in [0.05, 0.1) is 11.3 Å². The van der Waals surface area contributed by atoms with Crippen LogP contribution in [0.25, 0.3) is 0 Å². The van der Waals surface area contributed by atoms with Gasteiger partial charge in [0, 0.05) is 27.3 Å². The summed E-state index contributed by atoms with van der Waals surface area (Å²) in [5.74, 6) is 1.98. The Morgan fingerprint density at radius 3 is 2.76 bits per heavy atom. The van der Waals surface area contributed by atoms with Crippen LogP contribution in [0.3, 0.4) is 0 Å². The largest absolute Gasteiger partial charge is 0.377 e. The molecular weight excluding hydrogens is 266 g/mol. The second-order valence-corrected chi connectivity index (χ2v) is 4.40. The Kier molecular flexibility index (Phi) is 4.69. The van der Waals surface area contributed by atoms with Gasteiger partial charge in [0.2, 0.25) is 0 Å². The highest BCUT2D eigenvalue weighted by Crippen LogP contribution is 2.26. The van der Waals surface area contributed by atoms with Crippen molar-refractivity contribution in [3.63, 3.8) is 0 Å². The molecule has 0 spiro atoms. The molecule has 0 atom stereocenters. The number of ether oxygens (including phenoxy) is 1. The van der Waals surface area contributed by atoms with Crippen molar-refractivity contribution in [1.82, 2.24) is 9.97 Å². The third-order valence-corrected chi connectivity index (χ3v) is 3.02. The third kappa shape index (κ3) is 3.27. The van der Waals surface area contributed by atoms with Gasteiger partial charge in [-0.25, -0.2) is 9.97 Å². The van der Waals surface area contributed by atoms with Crippen molar-refractivity contribution in [2.24, 2.45) is 0 Å². The van der Waals surface area contributed by atoms with Gasteiger partial charge in [0.1, 0.15) is 24.3 Å². The molecule has 0 bridgehead atoms. The molecule has 21 heavy (non-hydrogen) atoms. The maximum Gasteiger partial charge on any atom is 0.158 e. The van der Waals surface area contributed by atoms with Crippen molar-refractivity contribution in [3.05, 3.63) is 41.7 Å². The van der Waals surface area contributed by atoms with E-state index in [1.807, 2.05) is 36.2 Å². The summed E-state index contributed by atoms with van der Waals surface area (Å²) in [7, 11) is 5.27. The van der Waals surface area contributed by atoms with E-state index in [1.54, 1.807) is 20.2 Å². The molecule has 2 rings (SSSR count). The molecule has 0 amide bonds. The number of hydrogen-bond acceptors (Lipinski definition) is 6. The van der Waals surface area contributed by atoms with Crippen LogP contribution >= 0.6 is 0 Å². The quantitative estimate of drug-likeness (QED) is 0.907. The summed E-state index contributed by atoms with van der Waals surface area (Å²) in [6.07, 6.45) is 0. The molecule has 0 saturated heterocycles. The van der Waals surface area contributed by atoms with E-state index in [2.05, 4.69) is 21.4 Å². The third-order valence-electron chi connectivity index (χ3n) is 3.02. The Labute approximate surface area is 124 Å². The number of aromatic nitrogens is 2. The monoisotopic (exact) mass is 283 g/mol. The first-order valence-electron chi connectivity index (χ1n) is 6.47. The molecule has 0 saturated carbocycles. The zero-order valence-electron chi connectivity index (χ0n) is 12.3. The van der Waals surface area contributed by atoms with Crippen molar-refractivity contribution >= 4 is 17.3 Å². The van der Waals surface area contributed by atoms with Gasteiger partial charge < -0.3 is 15.0 Å². The molecule has 1 aromatic carbocycles. The van der Waals surface area contributed by atoms with E-state index in [9.17, 15) is 5.26 Å². The number of rotatable bonds is 5. The molecule has 0 aliphatic carbocycles. The van der Waals surface area contributed by atoms with Crippen LogP contribution in [0.5, 0.6) is 0 Å². The number of nitrogens with zero attached hydrogens (tertiary/aromatic N) is 4. The molecule has 108 valence electrons. The van der Waals surface area contributed by atoms with Crippen molar-refractivity contribution < 1.29 is 4.74 Å². The zero-order valence-corrected chi connectivity index (χ0v) is 12.3. The molecule has 0 fully saturated rings. The molecule has 1 heterocycles. The molecule has 0 radical (unpaired) electrons. The minimum Gasteiger partial charge on any atom is -0.377 e. The van der Waals surface area contributed by atoms with Crippen LogP contribution in [0.4, 0.5) is 17.3 Å². The number of para-hydroxylation sites is 1. The highest BCUT2D eigenvalue weighted by molar-refractivity contribution is 5.67. The molecular formula is C15H17N5O. The van der Waals surface area contributed by atoms with Crippen LogP contribution in [0.1, 0.15) is 11.4 Å². The van der Waals surface area contributed by atoms with E-state index in [-0.39, 0.29) is 0 Å². The predicted octanol–water partition coefficient (Wildman–Crippen LogP) is 2.30. The van der Waals surface area contributed by atoms with Gasteiger partial charge in [-0.3, -0.25) is 0 Å². The van der Waals surface area contributed by atoms with Crippen molar-refractivity contribution in [2.75, 3.05) is 31.4 Å².